The lowest BCUT2D eigenvalue weighted by atomic mass is 9.87. The summed E-state index contributed by atoms with van der Waals surface area (Å²) in [5.74, 6) is -0.165. The van der Waals surface area contributed by atoms with Gasteiger partial charge in [-0.3, -0.25) is 9.78 Å². The molecule has 3 heteroatoms. The highest BCUT2D eigenvalue weighted by Gasteiger charge is 2.29. The Morgan fingerprint density at radius 3 is 2.53 bits per heavy atom. The quantitative estimate of drug-likeness (QED) is 0.737. The molecule has 0 atom stereocenters. The standard InChI is InChI=1S/C14H21NO2/c1-5-11-7-8-12(15-10-11)9-14(3,4)13(16)17-6-2/h7-8,10H,5-6,9H2,1-4H3. The van der Waals surface area contributed by atoms with Crippen molar-refractivity contribution in [2.75, 3.05) is 6.61 Å². The summed E-state index contributed by atoms with van der Waals surface area (Å²) in [6.07, 6.45) is 3.46. The third-order valence-electron chi connectivity index (χ3n) is 2.75. The fraction of sp³-hybridized carbons (Fsp3) is 0.571. The van der Waals surface area contributed by atoms with Crippen LogP contribution in [0.25, 0.3) is 0 Å². The van der Waals surface area contributed by atoms with Crippen LogP contribution in [0.3, 0.4) is 0 Å². The van der Waals surface area contributed by atoms with Crippen LogP contribution in [-0.4, -0.2) is 17.6 Å². The largest absolute Gasteiger partial charge is 0.466 e. The lowest BCUT2D eigenvalue weighted by Gasteiger charge is -2.21. The first-order valence-electron chi connectivity index (χ1n) is 6.10. The number of hydrogen-bond donors (Lipinski definition) is 0. The normalized spacial score (nSPS) is 11.3. The Balaban J connectivity index is 2.71. The number of pyridine rings is 1. The van der Waals surface area contributed by atoms with Crippen LogP contribution in [0.15, 0.2) is 18.3 Å². The first-order valence-corrected chi connectivity index (χ1v) is 6.10. The molecule has 0 aliphatic heterocycles. The number of carbonyl (C=O) groups excluding carboxylic acids is 1. The first kappa shape index (κ1) is 13.7. The zero-order valence-corrected chi connectivity index (χ0v) is 11.1. The van der Waals surface area contributed by atoms with Gasteiger partial charge in [-0.25, -0.2) is 0 Å². The predicted octanol–water partition coefficient (Wildman–Crippen LogP) is 2.78. The number of hydrogen-bond acceptors (Lipinski definition) is 3. The molecule has 0 aromatic carbocycles. The number of aryl methyl sites for hydroxylation is 1. The molecule has 0 unspecified atom stereocenters. The van der Waals surface area contributed by atoms with Crippen LogP contribution in [0, 0.1) is 5.41 Å². The summed E-state index contributed by atoms with van der Waals surface area (Å²) in [5.41, 5.74) is 1.62. The Hall–Kier alpha value is -1.38. The van der Waals surface area contributed by atoms with Crippen molar-refractivity contribution < 1.29 is 9.53 Å². The van der Waals surface area contributed by atoms with Crippen LogP contribution < -0.4 is 0 Å². The SMILES string of the molecule is CCOC(=O)C(C)(C)Cc1ccc(CC)cn1. The van der Waals surface area contributed by atoms with Gasteiger partial charge in [0.15, 0.2) is 0 Å². The fourth-order valence-electron chi connectivity index (χ4n) is 1.62. The van der Waals surface area contributed by atoms with E-state index in [2.05, 4.69) is 18.0 Å². The smallest absolute Gasteiger partial charge is 0.311 e. The highest BCUT2D eigenvalue weighted by atomic mass is 16.5. The predicted molar refractivity (Wildman–Crippen MR) is 67.7 cm³/mol. The average Bonchev–Trinajstić information content (AvgIpc) is 2.30. The molecule has 1 heterocycles. The van der Waals surface area contributed by atoms with Crippen molar-refractivity contribution >= 4 is 5.97 Å². The van der Waals surface area contributed by atoms with Gasteiger partial charge in [-0.05, 0) is 38.8 Å². The second-order valence-electron chi connectivity index (χ2n) is 4.79. The number of ether oxygens (including phenoxy) is 1. The first-order chi connectivity index (χ1) is 7.99. The minimum absolute atomic E-state index is 0.165. The van der Waals surface area contributed by atoms with Crippen molar-refractivity contribution in [3.05, 3.63) is 29.6 Å². The van der Waals surface area contributed by atoms with Gasteiger partial charge in [0.05, 0.1) is 12.0 Å². The molecule has 3 nitrogen and oxygen atoms in total. The Morgan fingerprint density at radius 2 is 2.06 bits per heavy atom. The minimum atomic E-state index is -0.517. The van der Waals surface area contributed by atoms with E-state index in [1.54, 1.807) is 0 Å². The molecular weight excluding hydrogens is 214 g/mol. The van der Waals surface area contributed by atoms with Crippen LogP contribution in [0.5, 0.6) is 0 Å². The number of esters is 1. The van der Waals surface area contributed by atoms with Crippen molar-refractivity contribution in [2.24, 2.45) is 5.41 Å². The lowest BCUT2D eigenvalue weighted by molar-refractivity contribution is -0.153. The van der Waals surface area contributed by atoms with Gasteiger partial charge in [-0.15, -0.1) is 0 Å². The second kappa shape index (κ2) is 5.80. The molecule has 0 aliphatic carbocycles. The van der Waals surface area contributed by atoms with Crippen molar-refractivity contribution in [1.82, 2.24) is 4.98 Å². The zero-order valence-electron chi connectivity index (χ0n) is 11.1. The van der Waals surface area contributed by atoms with E-state index >= 15 is 0 Å². The summed E-state index contributed by atoms with van der Waals surface area (Å²) >= 11 is 0. The van der Waals surface area contributed by atoms with Gasteiger partial charge in [0, 0.05) is 18.3 Å². The average molecular weight is 235 g/mol. The Bertz CT molecular complexity index is 368. The molecular formula is C14H21NO2. The molecule has 1 aromatic rings. The molecule has 0 N–H and O–H groups in total. The van der Waals surface area contributed by atoms with E-state index < -0.39 is 5.41 Å². The molecule has 0 radical (unpaired) electrons. The summed E-state index contributed by atoms with van der Waals surface area (Å²) in [5, 5.41) is 0. The van der Waals surface area contributed by atoms with E-state index in [0.29, 0.717) is 13.0 Å². The Kier molecular flexibility index (Phi) is 4.67. The van der Waals surface area contributed by atoms with Crippen LogP contribution >= 0.6 is 0 Å². The molecule has 0 bridgehead atoms. The molecule has 94 valence electrons. The van der Waals surface area contributed by atoms with Crippen LogP contribution in [0.2, 0.25) is 0 Å². The molecule has 0 saturated heterocycles. The molecule has 1 rings (SSSR count). The van der Waals surface area contributed by atoms with Crippen molar-refractivity contribution in [3.8, 4) is 0 Å². The van der Waals surface area contributed by atoms with Gasteiger partial charge in [-0.1, -0.05) is 13.0 Å². The van der Waals surface area contributed by atoms with Crippen molar-refractivity contribution in [1.29, 1.82) is 0 Å². The number of carbonyl (C=O) groups is 1. The monoisotopic (exact) mass is 235 g/mol. The maximum absolute atomic E-state index is 11.7. The van der Waals surface area contributed by atoms with Gasteiger partial charge in [0.1, 0.15) is 0 Å². The third kappa shape index (κ3) is 3.84. The van der Waals surface area contributed by atoms with Gasteiger partial charge >= 0.3 is 5.97 Å². The number of aromatic nitrogens is 1. The van der Waals surface area contributed by atoms with E-state index in [1.807, 2.05) is 33.0 Å². The topological polar surface area (TPSA) is 39.2 Å². The van der Waals surface area contributed by atoms with E-state index in [0.717, 1.165) is 12.1 Å². The highest BCUT2D eigenvalue weighted by molar-refractivity contribution is 5.76. The maximum Gasteiger partial charge on any atom is 0.311 e. The summed E-state index contributed by atoms with van der Waals surface area (Å²) in [7, 11) is 0. The second-order valence-corrected chi connectivity index (χ2v) is 4.79. The van der Waals surface area contributed by atoms with Crippen molar-refractivity contribution in [3.63, 3.8) is 0 Å². The molecule has 0 spiro atoms. The molecule has 17 heavy (non-hydrogen) atoms. The lowest BCUT2D eigenvalue weighted by Crippen LogP contribution is -2.29. The van der Waals surface area contributed by atoms with Crippen LogP contribution in [0.1, 0.15) is 39.0 Å². The minimum Gasteiger partial charge on any atom is -0.466 e. The summed E-state index contributed by atoms with van der Waals surface area (Å²) in [6.45, 7) is 8.12. The van der Waals surface area contributed by atoms with E-state index in [1.165, 1.54) is 5.56 Å². The van der Waals surface area contributed by atoms with Gasteiger partial charge < -0.3 is 4.74 Å². The van der Waals surface area contributed by atoms with Crippen LogP contribution in [-0.2, 0) is 22.4 Å². The Morgan fingerprint density at radius 1 is 1.35 bits per heavy atom. The highest BCUT2D eigenvalue weighted by Crippen LogP contribution is 2.22. The van der Waals surface area contributed by atoms with E-state index in [-0.39, 0.29) is 5.97 Å². The summed E-state index contributed by atoms with van der Waals surface area (Å²) in [6, 6.07) is 4.05. The molecule has 0 amide bonds. The Labute approximate surface area is 103 Å². The molecule has 0 fully saturated rings. The molecule has 0 saturated carbocycles. The number of nitrogens with zero attached hydrogens (tertiary/aromatic N) is 1. The van der Waals surface area contributed by atoms with Gasteiger partial charge in [0.25, 0.3) is 0 Å². The molecule has 0 aliphatic rings. The van der Waals surface area contributed by atoms with Crippen molar-refractivity contribution in [2.45, 2.75) is 40.5 Å². The van der Waals surface area contributed by atoms with Crippen LogP contribution in [0.4, 0.5) is 0 Å². The van der Waals surface area contributed by atoms with Gasteiger partial charge in [-0.2, -0.15) is 0 Å². The van der Waals surface area contributed by atoms with Gasteiger partial charge in [0.2, 0.25) is 0 Å². The zero-order chi connectivity index (χ0) is 12.9. The van der Waals surface area contributed by atoms with E-state index in [4.69, 9.17) is 4.74 Å². The summed E-state index contributed by atoms with van der Waals surface area (Å²) in [4.78, 5) is 16.1. The fourth-order valence-corrected chi connectivity index (χ4v) is 1.62. The molecule has 1 aromatic heterocycles. The number of rotatable bonds is 5. The maximum atomic E-state index is 11.7. The summed E-state index contributed by atoms with van der Waals surface area (Å²) < 4.78 is 5.06. The van der Waals surface area contributed by atoms with E-state index in [9.17, 15) is 4.79 Å². The third-order valence-corrected chi connectivity index (χ3v) is 2.75.